The van der Waals surface area contributed by atoms with Crippen LogP contribution in [0.2, 0.25) is 0 Å². The lowest BCUT2D eigenvalue weighted by atomic mass is 10.3. The number of aryl methyl sites for hydroxylation is 1. The van der Waals surface area contributed by atoms with Gasteiger partial charge < -0.3 is 10.6 Å². The predicted octanol–water partition coefficient (Wildman–Crippen LogP) is 2.62. The second-order valence-electron chi connectivity index (χ2n) is 5.35. The Kier molecular flexibility index (Phi) is 4.69. The minimum Gasteiger partial charge on any atom is -0.372 e. The van der Waals surface area contributed by atoms with Gasteiger partial charge in [0.1, 0.15) is 11.4 Å². The highest BCUT2D eigenvalue weighted by atomic mass is 19.4. The molecule has 0 aliphatic heterocycles. The van der Waals surface area contributed by atoms with Gasteiger partial charge in [0, 0.05) is 31.8 Å². The molecule has 0 unspecified atom stereocenters. The van der Waals surface area contributed by atoms with Gasteiger partial charge >= 0.3 is 6.18 Å². The molecule has 3 rings (SSSR count). The second-order valence-corrected chi connectivity index (χ2v) is 5.35. The Labute approximate surface area is 146 Å². The van der Waals surface area contributed by atoms with E-state index in [9.17, 15) is 13.2 Å². The van der Waals surface area contributed by atoms with Gasteiger partial charge in [-0.25, -0.2) is 4.98 Å². The zero-order valence-electron chi connectivity index (χ0n) is 13.9. The number of nitrogens with one attached hydrogen (secondary N) is 2. The van der Waals surface area contributed by atoms with E-state index in [1.807, 2.05) is 0 Å². The second kappa shape index (κ2) is 6.94. The van der Waals surface area contributed by atoms with E-state index in [2.05, 4.69) is 35.7 Å². The van der Waals surface area contributed by atoms with Crippen LogP contribution in [0.5, 0.6) is 0 Å². The summed E-state index contributed by atoms with van der Waals surface area (Å²) in [5, 5.41) is 9.65. The molecule has 0 bridgehead atoms. The van der Waals surface area contributed by atoms with Crippen molar-refractivity contribution in [3.8, 4) is 0 Å². The third-order valence-electron chi connectivity index (χ3n) is 3.46. The molecule has 26 heavy (non-hydrogen) atoms. The summed E-state index contributed by atoms with van der Waals surface area (Å²) in [6.45, 7) is 2.17. The van der Waals surface area contributed by atoms with Crippen LogP contribution in [0.3, 0.4) is 0 Å². The first-order chi connectivity index (χ1) is 12.4. The van der Waals surface area contributed by atoms with Crippen molar-refractivity contribution in [2.75, 3.05) is 17.7 Å². The first-order valence-corrected chi connectivity index (χ1v) is 7.55. The van der Waals surface area contributed by atoms with Crippen molar-refractivity contribution >= 4 is 17.5 Å². The SMILES string of the molecule is CNc1nc(Nc2cn(Cc3cnccn3)nc2C)ncc1C(F)(F)F. The molecule has 0 aliphatic carbocycles. The lowest BCUT2D eigenvalue weighted by molar-refractivity contribution is -0.137. The first kappa shape index (κ1) is 17.6. The molecule has 3 heterocycles. The van der Waals surface area contributed by atoms with Crippen LogP contribution >= 0.6 is 0 Å². The average Bonchev–Trinajstić information content (AvgIpc) is 2.93. The van der Waals surface area contributed by atoms with Crippen molar-refractivity contribution in [2.45, 2.75) is 19.6 Å². The monoisotopic (exact) mass is 364 g/mol. The van der Waals surface area contributed by atoms with E-state index < -0.39 is 11.7 Å². The average molecular weight is 364 g/mol. The minimum atomic E-state index is -4.53. The normalized spacial score (nSPS) is 11.4. The number of nitrogens with zero attached hydrogens (tertiary/aromatic N) is 6. The van der Waals surface area contributed by atoms with E-state index in [1.54, 1.807) is 36.4 Å². The van der Waals surface area contributed by atoms with E-state index in [4.69, 9.17) is 0 Å². The lowest BCUT2D eigenvalue weighted by Gasteiger charge is -2.12. The highest BCUT2D eigenvalue weighted by Crippen LogP contribution is 2.33. The number of alkyl halides is 3. The summed E-state index contributed by atoms with van der Waals surface area (Å²) in [6, 6.07) is 0. The van der Waals surface area contributed by atoms with Crippen LogP contribution in [0, 0.1) is 6.92 Å². The molecule has 3 aromatic rings. The van der Waals surface area contributed by atoms with Crippen molar-refractivity contribution in [1.29, 1.82) is 0 Å². The quantitative estimate of drug-likeness (QED) is 0.719. The molecule has 0 radical (unpaired) electrons. The van der Waals surface area contributed by atoms with Crippen molar-refractivity contribution < 1.29 is 13.2 Å². The molecule has 0 aliphatic rings. The first-order valence-electron chi connectivity index (χ1n) is 7.55. The third-order valence-corrected chi connectivity index (χ3v) is 3.46. The molecule has 0 spiro atoms. The van der Waals surface area contributed by atoms with Crippen LogP contribution < -0.4 is 10.6 Å². The maximum absolute atomic E-state index is 12.9. The fourth-order valence-corrected chi connectivity index (χ4v) is 2.26. The van der Waals surface area contributed by atoms with Crippen molar-refractivity contribution in [2.24, 2.45) is 0 Å². The van der Waals surface area contributed by atoms with Gasteiger partial charge in [-0.05, 0) is 6.92 Å². The van der Waals surface area contributed by atoms with Gasteiger partial charge in [0.05, 0.1) is 29.8 Å². The summed E-state index contributed by atoms with van der Waals surface area (Å²) in [5.41, 5.74) is 1.02. The molecule has 8 nitrogen and oxygen atoms in total. The lowest BCUT2D eigenvalue weighted by Crippen LogP contribution is -2.12. The fourth-order valence-electron chi connectivity index (χ4n) is 2.26. The van der Waals surface area contributed by atoms with E-state index in [1.165, 1.54) is 7.05 Å². The van der Waals surface area contributed by atoms with E-state index >= 15 is 0 Å². The molecule has 0 saturated carbocycles. The molecule has 136 valence electrons. The number of hydrogen-bond acceptors (Lipinski definition) is 7. The summed E-state index contributed by atoms with van der Waals surface area (Å²) in [6.07, 6.45) is 2.69. The van der Waals surface area contributed by atoms with Crippen molar-refractivity contribution in [3.63, 3.8) is 0 Å². The minimum absolute atomic E-state index is 0.0319. The molecular formula is C15H15F3N8. The number of aromatic nitrogens is 6. The van der Waals surface area contributed by atoms with Gasteiger partial charge in [-0.2, -0.15) is 23.3 Å². The van der Waals surface area contributed by atoms with Crippen LogP contribution in [0.15, 0.2) is 31.0 Å². The zero-order chi connectivity index (χ0) is 18.7. The molecule has 0 aromatic carbocycles. The Morgan fingerprint density at radius 3 is 2.62 bits per heavy atom. The summed E-state index contributed by atoms with van der Waals surface area (Å²) in [4.78, 5) is 15.8. The zero-order valence-corrected chi connectivity index (χ0v) is 13.9. The summed E-state index contributed by atoms with van der Waals surface area (Å²) < 4.78 is 40.4. The smallest absolute Gasteiger partial charge is 0.372 e. The van der Waals surface area contributed by atoms with Crippen molar-refractivity contribution in [1.82, 2.24) is 29.7 Å². The predicted molar refractivity (Wildman–Crippen MR) is 88.0 cm³/mol. The van der Waals surface area contributed by atoms with E-state index in [0.717, 1.165) is 11.9 Å². The number of rotatable bonds is 5. The molecule has 0 fully saturated rings. The number of anilines is 3. The summed E-state index contributed by atoms with van der Waals surface area (Å²) in [5.74, 6) is -0.274. The standard InChI is InChI=1S/C15H15F3N8/c1-9-12(8-26(25-9)7-10-5-20-3-4-21-10)23-14-22-6-11(15(16,17)18)13(19-2)24-14/h3-6,8H,7H2,1-2H3,(H2,19,22,23,24). The Morgan fingerprint density at radius 2 is 1.96 bits per heavy atom. The maximum Gasteiger partial charge on any atom is 0.421 e. The topological polar surface area (TPSA) is 93.4 Å². The highest BCUT2D eigenvalue weighted by Gasteiger charge is 2.35. The summed E-state index contributed by atoms with van der Waals surface area (Å²) >= 11 is 0. The molecule has 2 N–H and O–H groups in total. The Balaban J connectivity index is 1.81. The number of halogens is 3. The molecule has 0 saturated heterocycles. The van der Waals surface area contributed by atoms with Gasteiger partial charge in [0.25, 0.3) is 0 Å². The third kappa shape index (κ3) is 3.87. The Bertz CT molecular complexity index is 892. The van der Waals surface area contributed by atoms with E-state index in [-0.39, 0.29) is 11.8 Å². The van der Waals surface area contributed by atoms with E-state index in [0.29, 0.717) is 17.9 Å². The van der Waals surface area contributed by atoms with Crippen LogP contribution in [-0.4, -0.2) is 36.8 Å². The van der Waals surface area contributed by atoms with Crippen LogP contribution in [0.25, 0.3) is 0 Å². The molecule has 0 amide bonds. The van der Waals surface area contributed by atoms with Gasteiger partial charge in [-0.1, -0.05) is 0 Å². The van der Waals surface area contributed by atoms with Gasteiger partial charge in [0.2, 0.25) is 5.95 Å². The molecular weight excluding hydrogens is 349 g/mol. The van der Waals surface area contributed by atoms with Gasteiger partial charge in [-0.15, -0.1) is 0 Å². The largest absolute Gasteiger partial charge is 0.421 e. The maximum atomic E-state index is 12.9. The highest BCUT2D eigenvalue weighted by molar-refractivity contribution is 5.57. The number of hydrogen-bond donors (Lipinski definition) is 2. The fraction of sp³-hybridized carbons (Fsp3) is 0.267. The van der Waals surface area contributed by atoms with Crippen LogP contribution in [0.4, 0.5) is 30.6 Å². The van der Waals surface area contributed by atoms with Gasteiger partial charge in [0.15, 0.2) is 0 Å². The molecule has 0 atom stereocenters. The van der Waals surface area contributed by atoms with Crippen LogP contribution in [0.1, 0.15) is 17.0 Å². The Morgan fingerprint density at radius 1 is 1.15 bits per heavy atom. The molecule has 3 aromatic heterocycles. The van der Waals surface area contributed by atoms with Gasteiger partial charge in [-0.3, -0.25) is 14.6 Å². The Hall–Kier alpha value is -3.24. The molecule has 11 heteroatoms. The summed E-state index contributed by atoms with van der Waals surface area (Å²) in [7, 11) is 1.37. The van der Waals surface area contributed by atoms with Crippen molar-refractivity contribution in [3.05, 3.63) is 47.9 Å². The van der Waals surface area contributed by atoms with Crippen LogP contribution in [-0.2, 0) is 12.7 Å².